The highest BCUT2D eigenvalue weighted by molar-refractivity contribution is 7.99. The molecule has 2 N–H and O–H groups in total. The summed E-state index contributed by atoms with van der Waals surface area (Å²) in [7, 11) is 0. The van der Waals surface area contributed by atoms with Crippen LogP contribution >= 0.6 is 11.8 Å². The summed E-state index contributed by atoms with van der Waals surface area (Å²) in [5.41, 5.74) is 6.00. The first-order chi connectivity index (χ1) is 7.84. The molecule has 1 fully saturated rings. The minimum atomic E-state index is 0.473. The number of nitrogens with two attached hydrogens (primary N) is 1. The third-order valence-corrected chi connectivity index (χ3v) is 4.41. The molecule has 0 saturated heterocycles. The Hall–Kier alpha value is -0.470. The molecular weight excluding hydrogens is 214 g/mol. The van der Waals surface area contributed by atoms with Gasteiger partial charge in [0.25, 0.3) is 0 Å². The van der Waals surface area contributed by atoms with Gasteiger partial charge in [-0.3, -0.25) is 0 Å². The van der Waals surface area contributed by atoms with Crippen LogP contribution in [0.3, 0.4) is 0 Å². The molecule has 16 heavy (non-hydrogen) atoms. The van der Waals surface area contributed by atoms with Gasteiger partial charge < -0.3 is 5.73 Å². The van der Waals surface area contributed by atoms with Crippen LogP contribution in [0.4, 0.5) is 0 Å². The van der Waals surface area contributed by atoms with Crippen molar-refractivity contribution in [3.05, 3.63) is 30.3 Å². The monoisotopic (exact) mass is 235 g/mol. The van der Waals surface area contributed by atoms with Crippen LogP contribution in [-0.2, 0) is 0 Å². The maximum absolute atomic E-state index is 6.00. The van der Waals surface area contributed by atoms with Gasteiger partial charge in [0.1, 0.15) is 0 Å². The summed E-state index contributed by atoms with van der Waals surface area (Å²) >= 11 is 1.97. The Labute approximate surface area is 103 Å². The van der Waals surface area contributed by atoms with E-state index in [-0.39, 0.29) is 0 Å². The standard InChI is InChI=1S/C14H21NS/c15-13-6-4-5-12(11-13)9-10-16-14-7-2-1-3-8-14/h1-3,7-8,12-13H,4-6,9-11,15H2. The van der Waals surface area contributed by atoms with Gasteiger partial charge in [0.15, 0.2) is 0 Å². The highest BCUT2D eigenvalue weighted by Crippen LogP contribution is 2.28. The van der Waals surface area contributed by atoms with Crippen LogP contribution < -0.4 is 5.73 Å². The van der Waals surface area contributed by atoms with E-state index in [9.17, 15) is 0 Å². The molecule has 0 spiro atoms. The van der Waals surface area contributed by atoms with Gasteiger partial charge in [0.2, 0.25) is 0 Å². The second-order valence-corrected chi connectivity index (χ2v) is 5.91. The van der Waals surface area contributed by atoms with E-state index >= 15 is 0 Å². The van der Waals surface area contributed by atoms with Crippen molar-refractivity contribution >= 4 is 11.8 Å². The van der Waals surface area contributed by atoms with Crippen LogP contribution in [0.1, 0.15) is 32.1 Å². The molecule has 1 saturated carbocycles. The lowest BCUT2D eigenvalue weighted by molar-refractivity contribution is 0.317. The first-order valence-corrected chi connectivity index (χ1v) is 7.26. The predicted molar refractivity (Wildman–Crippen MR) is 71.7 cm³/mol. The molecule has 0 radical (unpaired) electrons. The largest absolute Gasteiger partial charge is 0.328 e. The molecule has 0 bridgehead atoms. The summed E-state index contributed by atoms with van der Waals surface area (Å²) in [6.07, 6.45) is 6.54. The Morgan fingerprint density at radius 3 is 2.75 bits per heavy atom. The second-order valence-electron chi connectivity index (χ2n) is 4.74. The molecule has 1 aliphatic carbocycles. The molecule has 0 heterocycles. The van der Waals surface area contributed by atoms with Gasteiger partial charge in [-0.25, -0.2) is 0 Å². The van der Waals surface area contributed by atoms with Crippen LogP contribution in [0.25, 0.3) is 0 Å². The van der Waals surface area contributed by atoms with Crippen LogP contribution in [0.2, 0.25) is 0 Å². The topological polar surface area (TPSA) is 26.0 Å². The lowest BCUT2D eigenvalue weighted by Gasteiger charge is -2.26. The van der Waals surface area contributed by atoms with E-state index in [1.54, 1.807) is 0 Å². The van der Waals surface area contributed by atoms with Gasteiger partial charge >= 0.3 is 0 Å². The van der Waals surface area contributed by atoms with Gasteiger partial charge in [0.05, 0.1) is 0 Å². The molecule has 0 amide bonds. The van der Waals surface area contributed by atoms with Crippen LogP contribution in [0.15, 0.2) is 35.2 Å². The number of hydrogen-bond donors (Lipinski definition) is 1. The normalized spacial score (nSPS) is 25.6. The molecule has 1 aromatic rings. The zero-order chi connectivity index (χ0) is 11.2. The number of rotatable bonds is 4. The first kappa shape index (κ1) is 12.0. The first-order valence-electron chi connectivity index (χ1n) is 6.28. The second kappa shape index (κ2) is 6.31. The third kappa shape index (κ3) is 3.84. The number of benzene rings is 1. The minimum absolute atomic E-state index is 0.473. The van der Waals surface area contributed by atoms with Crippen molar-refractivity contribution in [1.29, 1.82) is 0 Å². The van der Waals surface area contributed by atoms with Gasteiger partial charge in [-0.05, 0) is 43.1 Å². The SMILES string of the molecule is NC1CCCC(CCSc2ccccc2)C1. The van der Waals surface area contributed by atoms with Crippen LogP contribution in [0.5, 0.6) is 0 Å². The van der Waals surface area contributed by atoms with E-state index < -0.39 is 0 Å². The van der Waals surface area contributed by atoms with E-state index in [2.05, 4.69) is 30.3 Å². The maximum atomic E-state index is 6.00. The average Bonchev–Trinajstić information content (AvgIpc) is 2.30. The minimum Gasteiger partial charge on any atom is -0.328 e. The van der Waals surface area contributed by atoms with E-state index in [4.69, 9.17) is 5.73 Å². The Kier molecular flexibility index (Phi) is 4.73. The Morgan fingerprint density at radius 1 is 1.19 bits per heavy atom. The predicted octanol–water partition coefficient (Wildman–Crippen LogP) is 3.69. The number of hydrogen-bond acceptors (Lipinski definition) is 2. The smallest absolute Gasteiger partial charge is 0.00719 e. The van der Waals surface area contributed by atoms with Crippen molar-refractivity contribution in [2.24, 2.45) is 11.7 Å². The van der Waals surface area contributed by atoms with Crippen molar-refractivity contribution in [3.63, 3.8) is 0 Å². The van der Waals surface area contributed by atoms with Crippen LogP contribution in [0, 0.1) is 5.92 Å². The molecule has 88 valence electrons. The lowest BCUT2D eigenvalue weighted by Crippen LogP contribution is -2.27. The molecule has 1 aliphatic rings. The van der Waals surface area contributed by atoms with E-state index in [1.165, 1.54) is 42.8 Å². The van der Waals surface area contributed by atoms with Gasteiger partial charge in [-0.15, -0.1) is 11.8 Å². The highest BCUT2D eigenvalue weighted by Gasteiger charge is 2.18. The molecule has 0 aliphatic heterocycles. The summed E-state index contributed by atoms with van der Waals surface area (Å²) in [5.74, 6) is 2.11. The average molecular weight is 235 g/mol. The van der Waals surface area contributed by atoms with E-state index in [0.717, 1.165) is 5.92 Å². The summed E-state index contributed by atoms with van der Waals surface area (Å²) < 4.78 is 0. The van der Waals surface area contributed by atoms with Gasteiger partial charge in [0, 0.05) is 10.9 Å². The zero-order valence-electron chi connectivity index (χ0n) is 9.77. The van der Waals surface area contributed by atoms with Crippen molar-refractivity contribution < 1.29 is 0 Å². The maximum Gasteiger partial charge on any atom is 0.00719 e. The lowest BCUT2D eigenvalue weighted by atomic mass is 9.85. The van der Waals surface area contributed by atoms with Gasteiger partial charge in [-0.1, -0.05) is 31.0 Å². The van der Waals surface area contributed by atoms with E-state index in [0.29, 0.717) is 6.04 Å². The van der Waals surface area contributed by atoms with Gasteiger partial charge in [-0.2, -0.15) is 0 Å². The van der Waals surface area contributed by atoms with Crippen LogP contribution in [-0.4, -0.2) is 11.8 Å². The van der Waals surface area contributed by atoms with Crippen molar-refractivity contribution in [1.82, 2.24) is 0 Å². The molecular formula is C14H21NS. The Bertz CT molecular complexity index is 299. The fourth-order valence-electron chi connectivity index (χ4n) is 2.45. The fraction of sp³-hybridized carbons (Fsp3) is 0.571. The molecule has 1 aromatic carbocycles. The third-order valence-electron chi connectivity index (χ3n) is 3.36. The Balaban J connectivity index is 1.68. The zero-order valence-corrected chi connectivity index (χ0v) is 10.6. The molecule has 2 rings (SSSR count). The fourth-order valence-corrected chi connectivity index (χ4v) is 3.49. The van der Waals surface area contributed by atoms with E-state index in [1.807, 2.05) is 11.8 Å². The summed E-state index contributed by atoms with van der Waals surface area (Å²) in [5, 5.41) is 0. The van der Waals surface area contributed by atoms with Crippen molar-refractivity contribution in [2.45, 2.75) is 43.0 Å². The summed E-state index contributed by atoms with van der Waals surface area (Å²) in [4.78, 5) is 1.39. The Morgan fingerprint density at radius 2 is 2.00 bits per heavy atom. The molecule has 0 aromatic heterocycles. The molecule has 2 atom stereocenters. The van der Waals surface area contributed by atoms with Crippen molar-refractivity contribution in [3.8, 4) is 0 Å². The van der Waals surface area contributed by atoms with Crippen molar-refractivity contribution in [2.75, 3.05) is 5.75 Å². The molecule has 2 heteroatoms. The quantitative estimate of drug-likeness (QED) is 0.806. The summed E-state index contributed by atoms with van der Waals surface area (Å²) in [6, 6.07) is 11.1. The molecule has 2 unspecified atom stereocenters. The molecule has 1 nitrogen and oxygen atoms in total. The summed E-state index contributed by atoms with van der Waals surface area (Å²) in [6.45, 7) is 0. The highest BCUT2D eigenvalue weighted by atomic mass is 32.2. The number of thioether (sulfide) groups is 1.